The summed E-state index contributed by atoms with van der Waals surface area (Å²) in [6, 6.07) is 5.22. The summed E-state index contributed by atoms with van der Waals surface area (Å²) >= 11 is 1.55. The molecule has 6 nitrogen and oxygen atoms in total. The second kappa shape index (κ2) is 7.84. The molecule has 0 bridgehead atoms. The van der Waals surface area contributed by atoms with Gasteiger partial charge in [0, 0.05) is 30.0 Å². The summed E-state index contributed by atoms with van der Waals surface area (Å²) in [6.07, 6.45) is 0.926. The van der Waals surface area contributed by atoms with Crippen molar-refractivity contribution in [2.45, 2.75) is 26.8 Å². The number of nitrogens with one attached hydrogen (secondary N) is 1. The predicted octanol–water partition coefficient (Wildman–Crippen LogP) is 3.18. The van der Waals surface area contributed by atoms with Crippen LogP contribution in [0.1, 0.15) is 34.8 Å². The van der Waals surface area contributed by atoms with Crippen LogP contribution in [0.25, 0.3) is 0 Å². The minimum absolute atomic E-state index is 0.191. The Balaban J connectivity index is 1.76. The van der Waals surface area contributed by atoms with Gasteiger partial charge in [-0.1, -0.05) is 0 Å². The summed E-state index contributed by atoms with van der Waals surface area (Å²) in [5, 5.41) is 3.55. The molecular weight excluding hydrogens is 338 g/mol. The van der Waals surface area contributed by atoms with Crippen molar-refractivity contribution in [3.63, 3.8) is 0 Å². The maximum Gasteiger partial charge on any atom is 0.257 e. The zero-order valence-electron chi connectivity index (χ0n) is 14.8. The second-order valence-corrected chi connectivity index (χ2v) is 6.94. The Hall–Kier alpha value is -2.12. The van der Waals surface area contributed by atoms with Gasteiger partial charge in [0.2, 0.25) is 0 Å². The highest BCUT2D eigenvalue weighted by Crippen LogP contribution is 2.30. The highest BCUT2D eigenvalue weighted by atomic mass is 32.1. The monoisotopic (exact) mass is 361 g/mol. The average molecular weight is 361 g/mol. The lowest BCUT2D eigenvalue weighted by Crippen LogP contribution is -2.25. The lowest BCUT2D eigenvalue weighted by molar-refractivity contribution is 0.102. The summed E-state index contributed by atoms with van der Waals surface area (Å²) in [4.78, 5) is 20.6. The van der Waals surface area contributed by atoms with Crippen LogP contribution in [0.5, 0.6) is 11.5 Å². The van der Waals surface area contributed by atoms with Crippen LogP contribution < -0.4 is 14.8 Å². The van der Waals surface area contributed by atoms with Crippen LogP contribution in [-0.2, 0) is 13.0 Å². The third-order valence-electron chi connectivity index (χ3n) is 3.95. The molecule has 2 aromatic rings. The van der Waals surface area contributed by atoms with E-state index in [4.69, 9.17) is 9.47 Å². The molecule has 3 rings (SSSR count). The number of fused-ring (bicyclic) bond motifs is 1. The number of benzene rings is 1. The van der Waals surface area contributed by atoms with Crippen LogP contribution in [-0.4, -0.2) is 42.6 Å². The third-order valence-corrected chi connectivity index (χ3v) is 4.95. The summed E-state index contributed by atoms with van der Waals surface area (Å²) in [5.41, 5.74) is 1.62. The SMILES string of the molecule is CCOc1ccc(C(=O)Nc2nc3c(s2)CN(C)CC3)cc1OCC. The number of carbonyl (C=O) groups is 1. The van der Waals surface area contributed by atoms with E-state index < -0.39 is 0 Å². The molecule has 0 saturated heterocycles. The molecule has 1 aliphatic rings. The minimum Gasteiger partial charge on any atom is -0.490 e. The van der Waals surface area contributed by atoms with Gasteiger partial charge in [-0.3, -0.25) is 10.1 Å². The molecule has 1 N–H and O–H groups in total. The fourth-order valence-electron chi connectivity index (χ4n) is 2.74. The average Bonchev–Trinajstić information content (AvgIpc) is 2.98. The first kappa shape index (κ1) is 17.7. The molecule has 1 aromatic carbocycles. The lowest BCUT2D eigenvalue weighted by atomic mass is 10.2. The Morgan fingerprint density at radius 2 is 2.04 bits per heavy atom. The first-order chi connectivity index (χ1) is 12.1. The predicted molar refractivity (Wildman–Crippen MR) is 98.9 cm³/mol. The molecule has 0 radical (unpaired) electrons. The molecule has 0 fully saturated rings. The van der Waals surface area contributed by atoms with Gasteiger partial charge in [-0.25, -0.2) is 4.98 Å². The molecule has 25 heavy (non-hydrogen) atoms. The van der Waals surface area contributed by atoms with E-state index in [0.29, 0.717) is 35.4 Å². The quantitative estimate of drug-likeness (QED) is 0.856. The van der Waals surface area contributed by atoms with Crippen molar-refractivity contribution in [3.8, 4) is 11.5 Å². The van der Waals surface area contributed by atoms with Crippen molar-refractivity contribution in [2.24, 2.45) is 0 Å². The van der Waals surface area contributed by atoms with Crippen molar-refractivity contribution < 1.29 is 14.3 Å². The van der Waals surface area contributed by atoms with E-state index >= 15 is 0 Å². The van der Waals surface area contributed by atoms with Crippen LogP contribution >= 0.6 is 11.3 Å². The number of aromatic nitrogens is 1. The molecule has 0 atom stereocenters. The van der Waals surface area contributed by atoms with Crippen molar-refractivity contribution in [1.82, 2.24) is 9.88 Å². The number of anilines is 1. The molecule has 7 heteroatoms. The Labute approximate surface area is 151 Å². The lowest BCUT2D eigenvalue weighted by Gasteiger charge is -2.20. The van der Waals surface area contributed by atoms with Gasteiger partial charge in [0.1, 0.15) is 0 Å². The molecule has 0 spiro atoms. The Morgan fingerprint density at radius 1 is 1.28 bits per heavy atom. The number of thiazole rings is 1. The van der Waals surface area contributed by atoms with Gasteiger partial charge in [0.25, 0.3) is 5.91 Å². The maximum absolute atomic E-state index is 12.6. The molecule has 134 valence electrons. The Morgan fingerprint density at radius 3 is 2.80 bits per heavy atom. The van der Waals surface area contributed by atoms with Crippen molar-refractivity contribution in [2.75, 3.05) is 32.1 Å². The van der Waals surface area contributed by atoms with Crippen LogP contribution in [0.15, 0.2) is 18.2 Å². The highest BCUT2D eigenvalue weighted by Gasteiger charge is 2.20. The van der Waals surface area contributed by atoms with E-state index in [1.165, 1.54) is 4.88 Å². The molecule has 0 saturated carbocycles. The fraction of sp³-hybridized carbons (Fsp3) is 0.444. The van der Waals surface area contributed by atoms with Crippen LogP contribution in [0, 0.1) is 0 Å². The smallest absolute Gasteiger partial charge is 0.257 e. The minimum atomic E-state index is -0.191. The van der Waals surface area contributed by atoms with Crippen LogP contribution in [0.4, 0.5) is 5.13 Å². The number of likely N-dealkylation sites (N-methyl/N-ethyl adjacent to an activating group) is 1. The molecular formula is C18H23N3O3S. The van der Waals surface area contributed by atoms with E-state index in [9.17, 15) is 4.79 Å². The number of nitrogens with zero attached hydrogens (tertiary/aromatic N) is 2. The first-order valence-electron chi connectivity index (χ1n) is 8.48. The zero-order chi connectivity index (χ0) is 17.8. The number of rotatable bonds is 6. The van der Waals surface area contributed by atoms with E-state index in [1.54, 1.807) is 29.5 Å². The van der Waals surface area contributed by atoms with Gasteiger partial charge in [-0.2, -0.15) is 0 Å². The van der Waals surface area contributed by atoms with Gasteiger partial charge < -0.3 is 14.4 Å². The van der Waals surface area contributed by atoms with Crippen molar-refractivity contribution in [1.29, 1.82) is 0 Å². The zero-order valence-corrected chi connectivity index (χ0v) is 15.6. The number of hydrogen-bond donors (Lipinski definition) is 1. The van der Waals surface area contributed by atoms with E-state index in [-0.39, 0.29) is 5.91 Å². The highest BCUT2D eigenvalue weighted by molar-refractivity contribution is 7.15. The topological polar surface area (TPSA) is 63.7 Å². The third kappa shape index (κ3) is 4.11. The van der Waals surface area contributed by atoms with Crippen molar-refractivity contribution >= 4 is 22.4 Å². The van der Waals surface area contributed by atoms with E-state index in [0.717, 1.165) is 25.2 Å². The van der Waals surface area contributed by atoms with Crippen molar-refractivity contribution in [3.05, 3.63) is 34.3 Å². The number of carbonyl (C=O) groups excluding carboxylic acids is 1. The summed E-state index contributed by atoms with van der Waals surface area (Å²) in [5.74, 6) is 1.04. The summed E-state index contributed by atoms with van der Waals surface area (Å²) < 4.78 is 11.1. The van der Waals surface area contributed by atoms with Crippen LogP contribution in [0.3, 0.4) is 0 Å². The summed E-state index contributed by atoms with van der Waals surface area (Å²) in [7, 11) is 2.09. The van der Waals surface area contributed by atoms with E-state index in [2.05, 4.69) is 22.2 Å². The standard InChI is InChI=1S/C18H23N3O3S/c1-4-23-14-7-6-12(10-15(14)24-5-2)17(22)20-18-19-13-8-9-21(3)11-16(13)25-18/h6-7,10H,4-5,8-9,11H2,1-3H3,(H,19,20,22). The molecule has 1 aliphatic heterocycles. The molecule has 0 unspecified atom stereocenters. The molecule has 0 aliphatic carbocycles. The largest absolute Gasteiger partial charge is 0.490 e. The van der Waals surface area contributed by atoms with Gasteiger partial charge >= 0.3 is 0 Å². The van der Waals surface area contributed by atoms with Crippen LogP contribution in [0.2, 0.25) is 0 Å². The van der Waals surface area contributed by atoms with Gasteiger partial charge in [0.05, 0.1) is 18.9 Å². The maximum atomic E-state index is 12.6. The number of amides is 1. The first-order valence-corrected chi connectivity index (χ1v) is 9.30. The Bertz CT molecular complexity index is 760. The normalized spacial score (nSPS) is 14.0. The Kier molecular flexibility index (Phi) is 5.55. The molecule has 1 amide bonds. The number of ether oxygens (including phenoxy) is 2. The van der Waals surface area contributed by atoms with Gasteiger partial charge in [0.15, 0.2) is 16.6 Å². The van der Waals surface area contributed by atoms with Gasteiger partial charge in [-0.15, -0.1) is 11.3 Å². The fourth-order valence-corrected chi connectivity index (χ4v) is 3.82. The summed E-state index contributed by atoms with van der Waals surface area (Å²) in [6.45, 7) is 6.77. The second-order valence-electron chi connectivity index (χ2n) is 5.86. The molecule has 1 aromatic heterocycles. The molecule has 2 heterocycles. The number of hydrogen-bond acceptors (Lipinski definition) is 6. The van der Waals surface area contributed by atoms with Gasteiger partial charge in [-0.05, 0) is 39.1 Å². The van der Waals surface area contributed by atoms with E-state index in [1.807, 2.05) is 13.8 Å².